The Kier molecular flexibility index (Phi) is 5.55. The largest absolute Gasteiger partial charge is 0.487 e. The van der Waals surface area contributed by atoms with Gasteiger partial charge in [-0.05, 0) is 54.1 Å². The average molecular weight is 466 g/mol. The standard InChI is InChI=1S/C24H20FN3O4S/c25-15-3-4-16(26-12-15)14-32-18-7-9-28(23(29)11-18)17-5-6-20-19-2-1-8-27(24(30)31)13-22(19)33-21(20)10-17/h3-7,9-12H,1-2,8,13-14H2,(H,30,31). The minimum atomic E-state index is -0.898. The van der Waals surface area contributed by atoms with E-state index in [9.17, 15) is 19.1 Å². The highest BCUT2D eigenvalue weighted by Gasteiger charge is 2.22. The fourth-order valence-electron chi connectivity index (χ4n) is 4.02. The molecule has 7 nitrogen and oxygen atoms in total. The third kappa shape index (κ3) is 4.31. The first-order valence-corrected chi connectivity index (χ1v) is 11.3. The number of nitrogens with zero attached hydrogens (tertiary/aromatic N) is 3. The van der Waals surface area contributed by atoms with Crippen molar-refractivity contribution < 1.29 is 19.0 Å². The Morgan fingerprint density at radius 2 is 2.09 bits per heavy atom. The van der Waals surface area contributed by atoms with Gasteiger partial charge in [0.15, 0.2) is 0 Å². The van der Waals surface area contributed by atoms with Gasteiger partial charge in [0.05, 0.1) is 24.1 Å². The summed E-state index contributed by atoms with van der Waals surface area (Å²) in [6.07, 6.45) is 3.51. The number of hydrogen-bond acceptors (Lipinski definition) is 5. The van der Waals surface area contributed by atoms with Crippen molar-refractivity contribution >= 4 is 27.5 Å². The Hall–Kier alpha value is -3.72. The van der Waals surface area contributed by atoms with Crippen LogP contribution < -0.4 is 10.3 Å². The molecule has 0 atom stereocenters. The summed E-state index contributed by atoms with van der Waals surface area (Å²) >= 11 is 1.58. The molecule has 4 aromatic rings. The molecule has 0 bridgehead atoms. The molecule has 0 unspecified atom stereocenters. The molecule has 1 aliphatic heterocycles. The molecule has 1 aliphatic rings. The highest BCUT2D eigenvalue weighted by molar-refractivity contribution is 7.19. The van der Waals surface area contributed by atoms with Crippen molar-refractivity contribution in [3.63, 3.8) is 0 Å². The Bertz CT molecular complexity index is 1400. The summed E-state index contributed by atoms with van der Waals surface area (Å²) < 4.78 is 21.2. The number of aryl methyl sites for hydroxylation is 1. The molecule has 1 aromatic carbocycles. The van der Waals surface area contributed by atoms with Crippen molar-refractivity contribution in [1.82, 2.24) is 14.5 Å². The maximum absolute atomic E-state index is 13.0. The van der Waals surface area contributed by atoms with Crippen LogP contribution in [-0.2, 0) is 19.6 Å². The summed E-state index contributed by atoms with van der Waals surface area (Å²) in [4.78, 5) is 30.6. The molecule has 1 N–H and O–H groups in total. The summed E-state index contributed by atoms with van der Waals surface area (Å²) in [5.41, 5.74) is 2.25. The third-order valence-electron chi connectivity index (χ3n) is 5.66. The lowest BCUT2D eigenvalue weighted by molar-refractivity contribution is 0.143. The fourth-order valence-corrected chi connectivity index (χ4v) is 5.32. The first-order chi connectivity index (χ1) is 16.0. The molecule has 33 heavy (non-hydrogen) atoms. The third-order valence-corrected chi connectivity index (χ3v) is 6.84. The maximum Gasteiger partial charge on any atom is 0.407 e. The van der Waals surface area contributed by atoms with Crippen LogP contribution in [0.4, 0.5) is 9.18 Å². The zero-order valence-electron chi connectivity index (χ0n) is 17.5. The van der Waals surface area contributed by atoms with E-state index in [1.54, 1.807) is 23.6 Å². The smallest absolute Gasteiger partial charge is 0.407 e. The number of carboxylic acid groups (broad SMARTS) is 1. The molecular weight excluding hydrogens is 445 g/mol. The van der Waals surface area contributed by atoms with Gasteiger partial charge in [-0.15, -0.1) is 11.3 Å². The van der Waals surface area contributed by atoms with Crippen molar-refractivity contribution in [2.75, 3.05) is 6.54 Å². The number of thiophene rings is 1. The number of carbonyl (C=O) groups is 1. The van der Waals surface area contributed by atoms with E-state index in [2.05, 4.69) is 4.98 Å². The van der Waals surface area contributed by atoms with Crippen LogP contribution in [0.1, 0.15) is 22.6 Å². The van der Waals surface area contributed by atoms with Gasteiger partial charge in [0.2, 0.25) is 0 Å². The van der Waals surface area contributed by atoms with Crippen LogP contribution in [0.3, 0.4) is 0 Å². The van der Waals surface area contributed by atoms with Gasteiger partial charge in [-0.3, -0.25) is 14.3 Å². The fraction of sp³-hybridized carbons (Fsp3) is 0.208. The average Bonchev–Trinajstić information content (AvgIpc) is 2.99. The molecule has 0 spiro atoms. The normalized spacial score (nSPS) is 13.5. The quantitative estimate of drug-likeness (QED) is 0.477. The van der Waals surface area contributed by atoms with E-state index in [1.807, 2.05) is 18.2 Å². The minimum absolute atomic E-state index is 0.129. The highest BCUT2D eigenvalue weighted by atomic mass is 32.1. The zero-order valence-corrected chi connectivity index (χ0v) is 18.3. The van der Waals surface area contributed by atoms with E-state index < -0.39 is 11.9 Å². The lowest BCUT2D eigenvalue weighted by atomic mass is 10.1. The second-order valence-electron chi connectivity index (χ2n) is 7.82. The number of benzene rings is 1. The van der Waals surface area contributed by atoms with Crippen LogP contribution in [0.15, 0.2) is 59.7 Å². The summed E-state index contributed by atoms with van der Waals surface area (Å²) in [5, 5.41) is 10.5. The van der Waals surface area contributed by atoms with Crippen LogP contribution in [0, 0.1) is 5.82 Å². The highest BCUT2D eigenvalue weighted by Crippen LogP contribution is 2.36. The second kappa shape index (κ2) is 8.67. The summed E-state index contributed by atoms with van der Waals surface area (Å²) in [5.74, 6) is -0.0141. The van der Waals surface area contributed by atoms with Crippen molar-refractivity contribution in [3.05, 3.63) is 87.2 Å². The van der Waals surface area contributed by atoms with Crippen molar-refractivity contribution in [3.8, 4) is 11.4 Å². The molecule has 5 rings (SSSR count). The molecule has 3 aromatic heterocycles. The van der Waals surface area contributed by atoms with Crippen LogP contribution in [0.25, 0.3) is 15.8 Å². The van der Waals surface area contributed by atoms with E-state index in [0.29, 0.717) is 24.5 Å². The van der Waals surface area contributed by atoms with Crippen molar-refractivity contribution in [1.29, 1.82) is 0 Å². The molecule has 0 radical (unpaired) electrons. The van der Waals surface area contributed by atoms with Gasteiger partial charge in [-0.2, -0.15) is 0 Å². The van der Waals surface area contributed by atoms with E-state index in [0.717, 1.165) is 39.7 Å². The number of aromatic nitrogens is 2. The van der Waals surface area contributed by atoms with Crippen molar-refractivity contribution in [2.24, 2.45) is 0 Å². The van der Waals surface area contributed by atoms with Crippen LogP contribution in [0.2, 0.25) is 0 Å². The van der Waals surface area contributed by atoms with Gasteiger partial charge < -0.3 is 14.7 Å². The predicted molar refractivity (Wildman–Crippen MR) is 123 cm³/mol. The summed E-state index contributed by atoms with van der Waals surface area (Å²) in [6, 6.07) is 11.8. The number of rotatable bonds is 4. The van der Waals surface area contributed by atoms with Crippen molar-refractivity contribution in [2.45, 2.75) is 26.0 Å². The molecule has 168 valence electrons. The predicted octanol–water partition coefficient (Wildman–Crippen LogP) is 4.59. The molecule has 0 fully saturated rings. The van der Waals surface area contributed by atoms with Gasteiger partial charge >= 0.3 is 6.09 Å². The summed E-state index contributed by atoms with van der Waals surface area (Å²) in [7, 11) is 0. The molecule has 0 aliphatic carbocycles. The van der Waals surface area contributed by atoms with E-state index >= 15 is 0 Å². The number of halogens is 1. The molecular formula is C24H20FN3O4S. The van der Waals surface area contributed by atoms with Crippen LogP contribution in [0.5, 0.6) is 5.75 Å². The topological polar surface area (TPSA) is 84.7 Å². The number of hydrogen-bond donors (Lipinski definition) is 1. The number of amides is 1. The van der Waals surface area contributed by atoms with Crippen LogP contribution >= 0.6 is 11.3 Å². The SMILES string of the molecule is O=C(O)N1CCCc2c(sc3cc(-n4ccc(OCc5ccc(F)cn5)cc4=O)ccc23)C1. The monoisotopic (exact) mass is 465 g/mol. The first kappa shape index (κ1) is 21.1. The van der Waals surface area contributed by atoms with E-state index in [-0.39, 0.29) is 12.2 Å². The van der Waals surface area contributed by atoms with Gasteiger partial charge in [0.1, 0.15) is 18.2 Å². The molecule has 4 heterocycles. The first-order valence-electron chi connectivity index (χ1n) is 10.5. The number of fused-ring (bicyclic) bond motifs is 3. The van der Waals surface area contributed by atoms with E-state index in [1.165, 1.54) is 33.2 Å². The lowest BCUT2D eigenvalue weighted by Gasteiger charge is -2.15. The van der Waals surface area contributed by atoms with Gasteiger partial charge in [0.25, 0.3) is 5.56 Å². The molecule has 1 amide bonds. The maximum atomic E-state index is 13.0. The Morgan fingerprint density at radius 3 is 2.85 bits per heavy atom. The Balaban J connectivity index is 1.39. The molecule has 0 saturated heterocycles. The van der Waals surface area contributed by atoms with Crippen LogP contribution in [-0.4, -0.2) is 32.2 Å². The minimum Gasteiger partial charge on any atom is -0.487 e. The Morgan fingerprint density at radius 1 is 1.21 bits per heavy atom. The number of ether oxygens (including phenoxy) is 1. The number of pyridine rings is 2. The van der Waals surface area contributed by atoms with Gasteiger partial charge in [-0.25, -0.2) is 9.18 Å². The summed E-state index contributed by atoms with van der Waals surface area (Å²) in [6.45, 7) is 1.06. The Labute approximate surface area is 192 Å². The zero-order chi connectivity index (χ0) is 22.9. The molecule has 9 heteroatoms. The van der Waals surface area contributed by atoms with E-state index in [4.69, 9.17) is 4.74 Å². The second-order valence-corrected chi connectivity index (χ2v) is 8.96. The van der Waals surface area contributed by atoms with Gasteiger partial charge in [-0.1, -0.05) is 6.07 Å². The van der Waals surface area contributed by atoms with Gasteiger partial charge in [0, 0.05) is 28.4 Å². The molecule has 0 saturated carbocycles. The lowest BCUT2D eigenvalue weighted by Crippen LogP contribution is -2.28.